The van der Waals surface area contributed by atoms with Gasteiger partial charge in [0.15, 0.2) is 0 Å². The van der Waals surface area contributed by atoms with Gasteiger partial charge in [-0.1, -0.05) is 32.4 Å². The van der Waals surface area contributed by atoms with Gasteiger partial charge in [-0.2, -0.15) is 0 Å². The highest BCUT2D eigenvalue weighted by atomic mass is 16.2. The first kappa shape index (κ1) is 23.7. The predicted molar refractivity (Wildman–Crippen MR) is 119 cm³/mol. The smallest absolute Gasteiger partial charge is 0.315 e. The standard InChI is InChI=1S/C23H36N4O3/c1-15(2)11-21(28)26-19-9-5-7-17(12-19)14-24-23(30)27-20-10-6-8-18(13-20)22(29)25-16(3)4/h5,7,9,12,15-16,18,20H,6,8,10-11,13-14H2,1-4H3,(H,25,29)(H,26,28)(H2,24,27,30). The van der Waals surface area contributed by atoms with E-state index in [0.29, 0.717) is 25.3 Å². The van der Waals surface area contributed by atoms with Crippen molar-refractivity contribution < 1.29 is 14.4 Å². The Morgan fingerprint density at radius 3 is 2.57 bits per heavy atom. The van der Waals surface area contributed by atoms with Crippen LogP contribution in [-0.4, -0.2) is 29.9 Å². The summed E-state index contributed by atoms with van der Waals surface area (Å²) >= 11 is 0. The van der Waals surface area contributed by atoms with E-state index in [4.69, 9.17) is 0 Å². The number of benzene rings is 1. The number of urea groups is 1. The average molecular weight is 417 g/mol. The maximum Gasteiger partial charge on any atom is 0.315 e. The Balaban J connectivity index is 1.79. The van der Waals surface area contributed by atoms with Crippen LogP contribution in [0.4, 0.5) is 10.5 Å². The molecule has 30 heavy (non-hydrogen) atoms. The number of anilines is 1. The van der Waals surface area contributed by atoms with Crippen LogP contribution in [0.25, 0.3) is 0 Å². The molecule has 7 nitrogen and oxygen atoms in total. The summed E-state index contributed by atoms with van der Waals surface area (Å²) in [6.07, 6.45) is 3.83. The molecule has 2 atom stereocenters. The summed E-state index contributed by atoms with van der Waals surface area (Å²) in [6.45, 7) is 8.28. The fourth-order valence-electron chi connectivity index (χ4n) is 3.72. The van der Waals surface area contributed by atoms with Gasteiger partial charge >= 0.3 is 6.03 Å². The van der Waals surface area contributed by atoms with E-state index in [9.17, 15) is 14.4 Å². The van der Waals surface area contributed by atoms with Gasteiger partial charge in [0, 0.05) is 36.7 Å². The monoisotopic (exact) mass is 416 g/mol. The summed E-state index contributed by atoms with van der Waals surface area (Å²) in [4.78, 5) is 36.5. The quantitative estimate of drug-likeness (QED) is 0.521. The van der Waals surface area contributed by atoms with Gasteiger partial charge in [-0.05, 0) is 56.7 Å². The van der Waals surface area contributed by atoms with Crippen LogP contribution >= 0.6 is 0 Å². The van der Waals surface area contributed by atoms with Gasteiger partial charge in [-0.25, -0.2) is 4.79 Å². The van der Waals surface area contributed by atoms with Crippen LogP contribution in [0.3, 0.4) is 0 Å². The minimum absolute atomic E-state index is 0.00307. The van der Waals surface area contributed by atoms with E-state index in [1.54, 1.807) is 0 Å². The summed E-state index contributed by atoms with van der Waals surface area (Å²) in [5, 5.41) is 11.7. The molecule has 166 valence electrons. The van der Waals surface area contributed by atoms with Gasteiger partial charge in [0.2, 0.25) is 11.8 Å². The maximum absolute atomic E-state index is 12.3. The molecule has 1 saturated carbocycles. The third-order valence-electron chi connectivity index (χ3n) is 5.07. The van der Waals surface area contributed by atoms with Gasteiger partial charge < -0.3 is 21.3 Å². The Hall–Kier alpha value is -2.57. The van der Waals surface area contributed by atoms with Crippen molar-refractivity contribution in [1.29, 1.82) is 0 Å². The number of rotatable bonds is 8. The molecule has 0 bridgehead atoms. The van der Waals surface area contributed by atoms with E-state index >= 15 is 0 Å². The second kappa shape index (κ2) is 11.6. The van der Waals surface area contributed by atoms with Crippen LogP contribution in [0.5, 0.6) is 0 Å². The molecule has 4 N–H and O–H groups in total. The first-order chi connectivity index (χ1) is 14.2. The number of nitrogens with one attached hydrogen (secondary N) is 4. The molecule has 2 rings (SSSR count). The molecule has 1 aliphatic carbocycles. The normalized spacial score (nSPS) is 18.7. The zero-order valence-electron chi connectivity index (χ0n) is 18.6. The number of hydrogen-bond acceptors (Lipinski definition) is 3. The van der Waals surface area contributed by atoms with Crippen molar-refractivity contribution >= 4 is 23.5 Å². The SMILES string of the molecule is CC(C)CC(=O)Nc1cccc(CNC(=O)NC2CCCC(C(=O)NC(C)C)C2)c1. The second-order valence-corrected chi connectivity index (χ2v) is 8.90. The maximum atomic E-state index is 12.3. The fraction of sp³-hybridized carbons (Fsp3) is 0.609. The summed E-state index contributed by atoms with van der Waals surface area (Å²) in [5.41, 5.74) is 1.64. The molecule has 1 fully saturated rings. The van der Waals surface area contributed by atoms with Gasteiger partial charge in [0.25, 0.3) is 0 Å². The number of carbonyl (C=O) groups is 3. The Kier molecular flexibility index (Phi) is 9.15. The van der Waals surface area contributed by atoms with Crippen molar-refractivity contribution in [3.05, 3.63) is 29.8 Å². The zero-order valence-corrected chi connectivity index (χ0v) is 18.6. The van der Waals surface area contributed by atoms with E-state index in [2.05, 4.69) is 21.3 Å². The lowest BCUT2D eigenvalue weighted by molar-refractivity contribution is -0.126. The molecular weight excluding hydrogens is 380 g/mol. The molecule has 7 heteroatoms. The molecule has 0 heterocycles. The lowest BCUT2D eigenvalue weighted by Crippen LogP contribution is -2.46. The van der Waals surface area contributed by atoms with Crippen LogP contribution in [0.15, 0.2) is 24.3 Å². The van der Waals surface area contributed by atoms with Crippen molar-refractivity contribution in [3.8, 4) is 0 Å². The Morgan fingerprint density at radius 1 is 1.10 bits per heavy atom. The van der Waals surface area contributed by atoms with Crippen molar-refractivity contribution in [1.82, 2.24) is 16.0 Å². The molecule has 1 aromatic rings. The van der Waals surface area contributed by atoms with E-state index in [1.165, 1.54) is 0 Å². The van der Waals surface area contributed by atoms with E-state index in [0.717, 1.165) is 30.5 Å². The first-order valence-corrected chi connectivity index (χ1v) is 11.0. The lowest BCUT2D eigenvalue weighted by Gasteiger charge is -2.29. The van der Waals surface area contributed by atoms with Gasteiger partial charge in [-0.3, -0.25) is 9.59 Å². The molecule has 0 saturated heterocycles. The third-order valence-corrected chi connectivity index (χ3v) is 5.07. The highest BCUT2D eigenvalue weighted by Crippen LogP contribution is 2.24. The van der Waals surface area contributed by atoms with Gasteiger partial charge in [-0.15, -0.1) is 0 Å². The predicted octanol–water partition coefficient (Wildman–Crippen LogP) is 3.55. The Labute approximate surface area is 179 Å². The second-order valence-electron chi connectivity index (χ2n) is 8.90. The highest BCUT2D eigenvalue weighted by Gasteiger charge is 2.28. The average Bonchev–Trinajstić information content (AvgIpc) is 2.65. The van der Waals surface area contributed by atoms with Crippen molar-refractivity contribution in [2.24, 2.45) is 11.8 Å². The molecule has 0 radical (unpaired) electrons. The molecule has 2 unspecified atom stereocenters. The summed E-state index contributed by atoms with van der Waals surface area (Å²) in [5.74, 6) is 0.321. The van der Waals surface area contributed by atoms with Crippen molar-refractivity contribution in [2.75, 3.05) is 5.32 Å². The summed E-state index contributed by atoms with van der Waals surface area (Å²) < 4.78 is 0. The minimum Gasteiger partial charge on any atom is -0.354 e. The zero-order chi connectivity index (χ0) is 22.1. The summed E-state index contributed by atoms with van der Waals surface area (Å²) in [7, 11) is 0. The number of amides is 4. The molecule has 0 spiro atoms. The Bertz CT molecular complexity index is 733. The van der Waals surface area contributed by atoms with E-state index in [-0.39, 0.29) is 35.8 Å². The van der Waals surface area contributed by atoms with Crippen LogP contribution in [0, 0.1) is 11.8 Å². The van der Waals surface area contributed by atoms with Gasteiger partial charge in [0.05, 0.1) is 0 Å². The first-order valence-electron chi connectivity index (χ1n) is 11.0. The van der Waals surface area contributed by atoms with Crippen molar-refractivity contribution in [2.45, 2.75) is 78.4 Å². The van der Waals surface area contributed by atoms with Crippen LogP contribution in [0.1, 0.15) is 65.4 Å². The molecule has 1 aliphatic rings. The van der Waals surface area contributed by atoms with Crippen molar-refractivity contribution in [3.63, 3.8) is 0 Å². The number of carbonyl (C=O) groups excluding carboxylic acids is 3. The molecular formula is C23H36N4O3. The van der Waals surface area contributed by atoms with Gasteiger partial charge in [0.1, 0.15) is 0 Å². The van der Waals surface area contributed by atoms with Crippen LogP contribution < -0.4 is 21.3 Å². The topological polar surface area (TPSA) is 99.3 Å². The molecule has 0 aromatic heterocycles. The molecule has 4 amide bonds. The van der Waals surface area contributed by atoms with E-state index in [1.807, 2.05) is 52.0 Å². The van der Waals surface area contributed by atoms with Crippen LogP contribution in [0.2, 0.25) is 0 Å². The van der Waals surface area contributed by atoms with Crippen LogP contribution in [-0.2, 0) is 16.1 Å². The largest absolute Gasteiger partial charge is 0.354 e. The highest BCUT2D eigenvalue weighted by molar-refractivity contribution is 5.90. The minimum atomic E-state index is -0.237. The molecule has 0 aliphatic heterocycles. The molecule has 1 aromatic carbocycles. The Morgan fingerprint density at radius 2 is 1.87 bits per heavy atom. The van der Waals surface area contributed by atoms with E-state index < -0.39 is 0 Å². The summed E-state index contributed by atoms with van der Waals surface area (Å²) in [6, 6.07) is 7.37. The number of hydrogen-bond donors (Lipinski definition) is 4. The fourth-order valence-corrected chi connectivity index (χ4v) is 3.72. The third kappa shape index (κ3) is 8.43. The lowest BCUT2D eigenvalue weighted by atomic mass is 9.85.